The zero-order valence-corrected chi connectivity index (χ0v) is 14.5. The molecule has 0 bridgehead atoms. The number of aryl methyl sites for hydroxylation is 1. The molecule has 2 aromatic carbocycles. The number of hydrogen-bond donors (Lipinski definition) is 1. The first-order valence-corrected chi connectivity index (χ1v) is 8.21. The van der Waals surface area contributed by atoms with Crippen molar-refractivity contribution in [1.29, 1.82) is 0 Å². The van der Waals surface area contributed by atoms with E-state index in [4.69, 9.17) is 4.74 Å². The summed E-state index contributed by atoms with van der Waals surface area (Å²) in [6.45, 7) is 3.49. The number of para-hydroxylation sites is 1. The topological polar surface area (TPSA) is 73.2 Å². The van der Waals surface area contributed by atoms with Crippen LogP contribution in [0.15, 0.2) is 67.0 Å². The van der Waals surface area contributed by atoms with Gasteiger partial charge in [0.1, 0.15) is 0 Å². The highest BCUT2D eigenvalue weighted by Gasteiger charge is 2.19. The molecule has 0 fully saturated rings. The van der Waals surface area contributed by atoms with Crippen molar-refractivity contribution in [3.63, 3.8) is 0 Å². The van der Waals surface area contributed by atoms with Crippen molar-refractivity contribution in [1.82, 2.24) is 9.78 Å². The highest BCUT2D eigenvalue weighted by Crippen LogP contribution is 2.12. The minimum Gasteiger partial charge on any atom is -0.449 e. The van der Waals surface area contributed by atoms with E-state index in [0.717, 1.165) is 11.3 Å². The summed E-state index contributed by atoms with van der Waals surface area (Å²) in [6, 6.07) is 15.9. The summed E-state index contributed by atoms with van der Waals surface area (Å²) in [7, 11) is 0. The lowest BCUT2D eigenvalue weighted by atomic mass is 10.2. The van der Waals surface area contributed by atoms with Gasteiger partial charge in [-0.25, -0.2) is 9.48 Å². The smallest absolute Gasteiger partial charge is 0.338 e. The Morgan fingerprint density at radius 1 is 1.08 bits per heavy atom. The summed E-state index contributed by atoms with van der Waals surface area (Å²) in [6.07, 6.45) is 2.74. The molecule has 1 unspecified atom stereocenters. The molecule has 6 nitrogen and oxygen atoms in total. The van der Waals surface area contributed by atoms with E-state index in [1.54, 1.807) is 47.3 Å². The van der Waals surface area contributed by atoms with E-state index >= 15 is 0 Å². The molecular weight excluding hydrogens is 330 g/mol. The Bertz CT molecular complexity index is 902. The Kier molecular flexibility index (Phi) is 5.12. The second-order valence-electron chi connectivity index (χ2n) is 5.91. The highest BCUT2D eigenvalue weighted by molar-refractivity contribution is 5.97. The van der Waals surface area contributed by atoms with E-state index in [1.165, 1.54) is 6.92 Å². The van der Waals surface area contributed by atoms with Gasteiger partial charge in [-0.1, -0.05) is 18.2 Å². The Balaban J connectivity index is 1.61. The molecule has 0 aliphatic heterocycles. The van der Waals surface area contributed by atoms with E-state index in [0.29, 0.717) is 11.3 Å². The van der Waals surface area contributed by atoms with Crippen LogP contribution in [0.4, 0.5) is 5.69 Å². The number of nitrogens with zero attached hydrogens (tertiary/aromatic N) is 2. The maximum absolute atomic E-state index is 12.2. The van der Waals surface area contributed by atoms with Gasteiger partial charge in [-0.05, 0) is 55.8 Å². The molecule has 0 saturated carbocycles. The molecular formula is C20H19N3O3. The zero-order valence-electron chi connectivity index (χ0n) is 14.5. The first-order valence-electron chi connectivity index (χ1n) is 8.21. The number of rotatable bonds is 5. The van der Waals surface area contributed by atoms with Gasteiger partial charge in [-0.2, -0.15) is 5.10 Å². The summed E-state index contributed by atoms with van der Waals surface area (Å²) < 4.78 is 6.97. The lowest BCUT2D eigenvalue weighted by molar-refractivity contribution is -0.123. The molecule has 26 heavy (non-hydrogen) atoms. The fourth-order valence-corrected chi connectivity index (χ4v) is 2.35. The lowest BCUT2D eigenvalue weighted by Crippen LogP contribution is -2.29. The van der Waals surface area contributed by atoms with E-state index in [-0.39, 0.29) is 5.91 Å². The number of nitrogens with one attached hydrogen (secondary N) is 1. The number of aromatic nitrogens is 2. The van der Waals surface area contributed by atoms with Crippen LogP contribution in [0.3, 0.4) is 0 Å². The number of hydrogen-bond acceptors (Lipinski definition) is 4. The van der Waals surface area contributed by atoms with Gasteiger partial charge in [0, 0.05) is 11.9 Å². The summed E-state index contributed by atoms with van der Waals surface area (Å²) in [4.78, 5) is 24.4. The van der Waals surface area contributed by atoms with Crippen LogP contribution in [-0.2, 0) is 9.53 Å². The second kappa shape index (κ2) is 7.65. The van der Waals surface area contributed by atoms with E-state index in [2.05, 4.69) is 10.4 Å². The van der Waals surface area contributed by atoms with Crippen molar-refractivity contribution in [3.8, 4) is 5.69 Å². The molecule has 3 aromatic rings. The highest BCUT2D eigenvalue weighted by atomic mass is 16.5. The molecule has 1 heterocycles. The first-order chi connectivity index (χ1) is 12.5. The standard InChI is InChI=1S/C20H19N3O3/c1-14-12-21-23(13-14)18-10-8-16(9-11-18)20(25)26-15(2)19(24)22-17-6-4-3-5-7-17/h3-13,15H,1-2H3,(H,22,24). The number of carbonyl (C=O) groups is 2. The van der Waals surface area contributed by atoms with Gasteiger partial charge >= 0.3 is 5.97 Å². The largest absolute Gasteiger partial charge is 0.449 e. The van der Waals surface area contributed by atoms with Crippen molar-refractivity contribution in [2.24, 2.45) is 0 Å². The normalized spacial score (nSPS) is 11.6. The van der Waals surface area contributed by atoms with Crippen molar-refractivity contribution in [2.45, 2.75) is 20.0 Å². The molecule has 0 aliphatic carbocycles. The molecule has 0 aliphatic rings. The van der Waals surface area contributed by atoms with Gasteiger partial charge < -0.3 is 10.1 Å². The zero-order chi connectivity index (χ0) is 18.5. The number of anilines is 1. The maximum atomic E-state index is 12.2. The van der Waals surface area contributed by atoms with E-state index in [1.807, 2.05) is 31.3 Å². The van der Waals surface area contributed by atoms with Crippen LogP contribution < -0.4 is 5.32 Å². The fraction of sp³-hybridized carbons (Fsp3) is 0.150. The summed E-state index contributed by atoms with van der Waals surface area (Å²) >= 11 is 0. The third-order valence-electron chi connectivity index (χ3n) is 3.77. The molecule has 1 atom stereocenters. The van der Waals surface area contributed by atoms with Gasteiger partial charge in [0.2, 0.25) is 0 Å². The minimum atomic E-state index is -0.906. The van der Waals surface area contributed by atoms with Gasteiger partial charge in [-0.3, -0.25) is 4.79 Å². The number of ether oxygens (including phenoxy) is 1. The number of esters is 1. The minimum absolute atomic E-state index is 0.372. The van der Waals surface area contributed by atoms with Gasteiger partial charge in [0.25, 0.3) is 5.91 Å². The Morgan fingerprint density at radius 2 is 1.77 bits per heavy atom. The Hall–Kier alpha value is -3.41. The third-order valence-corrected chi connectivity index (χ3v) is 3.77. The van der Waals surface area contributed by atoms with Crippen LogP contribution in [-0.4, -0.2) is 27.8 Å². The van der Waals surface area contributed by atoms with Gasteiger partial charge in [-0.15, -0.1) is 0 Å². The predicted molar refractivity (Wildman–Crippen MR) is 98.3 cm³/mol. The maximum Gasteiger partial charge on any atom is 0.338 e. The summed E-state index contributed by atoms with van der Waals surface area (Å²) in [5.41, 5.74) is 2.91. The monoisotopic (exact) mass is 349 g/mol. The van der Waals surface area contributed by atoms with Crippen LogP contribution in [0.2, 0.25) is 0 Å². The molecule has 0 spiro atoms. The molecule has 1 aromatic heterocycles. The van der Waals surface area contributed by atoms with Crippen LogP contribution in [0, 0.1) is 6.92 Å². The third kappa shape index (κ3) is 4.16. The molecule has 1 N–H and O–H groups in total. The van der Waals surface area contributed by atoms with Crippen LogP contribution in [0.5, 0.6) is 0 Å². The Morgan fingerprint density at radius 3 is 2.38 bits per heavy atom. The van der Waals surface area contributed by atoms with Crippen LogP contribution in [0.1, 0.15) is 22.8 Å². The molecule has 132 valence electrons. The second-order valence-corrected chi connectivity index (χ2v) is 5.91. The summed E-state index contributed by atoms with van der Waals surface area (Å²) in [5, 5.41) is 6.92. The lowest BCUT2D eigenvalue weighted by Gasteiger charge is -2.13. The Labute approximate surface area is 151 Å². The molecule has 0 saturated heterocycles. The molecule has 1 amide bonds. The number of amides is 1. The van der Waals surface area contributed by atoms with Gasteiger partial charge in [0.05, 0.1) is 17.4 Å². The number of benzene rings is 2. The van der Waals surface area contributed by atoms with Gasteiger partial charge in [0.15, 0.2) is 6.10 Å². The van der Waals surface area contributed by atoms with Crippen molar-refractivity contribution in [2.75, 3.05) is 5.32 Å². The van der Waals surface area contributed by atoms with E-state index in [9.17, 15) is 9.59 Å². The molecule has 0 radical (unpaired) electrons. The van der Waals surface area contributed by atoms with Crippen molar-refractivity contribution in [3.05, 3.63) is 78.1 Å². The average molecular weight is 349 g/mol. The summed E-state index contributed by atoms with van der Waals surface area (Å²) in [5.74, 6) is -0.933. The number of carbonyl (C=O) groups excluding carboxylic acids is 2. The molecule has 3 rings (SSSR count). The predicted octanol–water partition coefficient (Wildman–Crippen LogP) is 3.36. The van der Waals surface area contributed by atoms with Crippen LogP contribution >= 0.6 is 0 Å². The fourth-order valence-electron chi connectivity index (χ4n) is 2.35. The average Bonchev–Trinajstić information content (AvgIpc) is 3.09. The van der Waals surface area contributed by atoms with E-state index < -0.39 is 12.1 Å². The molecule has 6 heteroatoms. The first kappa shape index (κ1) is 17.4. The quantitative estimate of drug-likeness (QED) is 0.717. The van der Waals surface area contributed by atoms with Crippen molar-refractivity contribution >= 4 is 17.6 Å². The van der Waals surface area contributed by atoms with Crippen molar-refractivity contribution < 1.29 is 14.3 Å². The SMILES string of the molecule is Cc1cnn(-c2ccc(C(=O)OC(C)C(=O)Nc3ccccc3)cc2)c1. The van der Waals surface area contributed by atoms with Crippen LogP contribution in [0.25, 0.3) is 5.69 Å².